The van der Waals surface area contributed by atoms with Crippen LogP contribution in [0.2, 0.25) is 0 Å². The molecule has 0 amide bonds. The average molecular weight is 698 g/mol. The highest BCUT2D eigenvalue weighted by atomic mass is 15.1. The summed E-state index contributed by atoms with van der Waals surface area (Å²) < 4.78 is 0. The van der Waals surface area contributed by atoms with E-state index in [0.717, 1.165) is 50.5 Å². The smallest absolute Gasteiger partial charge is 0.0714 e. The molecule has 0 spiro atoms. The second-order valence-electron chi connectivity index (χ2n) is 13.9. The van der Waals surface area contributed by atoms with Gasteiger partial charge in [-0.2, -0.15) is 0 Å². The van der Waals surface area contributed by atoms with Gasteiger partial charge in [-0.15, -0.1) is 0 Å². The normalized spacial score (nSPS) is 13.6. The zero-order valence-corrected chi connectivity index (χ0v) is 31.8. The number of hydrogen-bond donors (Lipinski definition) is 0. The number of benzene rings is 6. The van der Waals surface area contributed by atoms with Crippen molar-refractivity contribution in [2.24, 2.45) is 0 Å². The molecule has 54 heavy (non-hydrogen) atoms. The van der Waals surface area contributed by atoms with Crippen molar-refractivity contribution < 1.29 is 0 Å². The minimum atomic E-state index is -0.494. The largest absolute Gasteiger partial charge is 0.310 e. The predicted molar refractivity (Wildman–Crippen MR) is 234 cm³/mol. The Morgan fingerprint density at radius 3 is 1.41 bits per heavy atom. The highest BCUT2D eigenvalue weighted by Crippen LogP contribution is 2.59. The zero-order chi connectivity index (χ0) is 37.7. The van der Waals surface area contributed by atoms with Crippen molar-refractivity contribution in [1.29, 1.82) is 0 Å². The van der Waals surface area contributed by atoms with Gasteiger partial charge in [-0.25, -0.2) is 0 Å². The van der Waals surface area contributed by atoms with Crippen molar-refractivity contribution in [3.63, 3.8) is 0 Å². The van der Waals surface area contributed by atoms with Gasteiger partial charge in [0.1, 0.15) is 0 Å². The minimum absolute atomic E-state index is 0.494. The van der Waals surface area contributed by atoms with E-state index >= 15 is 0 Å². The fourth-order valence-electron chi connectivity index (χ4n) is 8.02. The Morgan fingerprint density at radius 2 is 0.944 bits per heavy atom. The summed E-state index contributed by atoms with van der Waals surface area (Å²) in [6, 6.07) is 55.6. The van der Waals surface area contributed by atoms with Crippen LogP contribution >= 0.6 is 0 Å². The van der Waals surface area contributed by atoms with Gasteiger partial charge in [-0.05, 0) is 108 Å². The molecule has 7 rings (SSSR count). The molecular formula is C53H47N. The van der Waals surface area contributed by atoms with Crippen molar-refractivity contribution in [2.45, 2.75) is 33.1 Å². The summed E-state index contributed by atoms with van der Waals surface area (Å²) in [6.07, 6.45) is 12.5. The average Bonchev–Trinajstić information content (AvgIpc) is 3.51. The molecule has 1 aliphatic carbocycles. The van der Waals surface area contributed by atoms with E-state index in [-0.39, 0.29) is 0 Å². The van der Waals surface area contributed by atoms with Crippen molar-refractivity contribution in [1.82, 2.24) is 0 Å². The van der Waals surface area contributed by atoms with Gasteiger partial charge in [0.25, 0.3) is 0 Å². The lowest BCUT2D eigenvalue weighted by atomic mass is 9.68. The summed E-state index contributed by atoms with van der Waals surface area (Å²) in [5, 5.41) is 0. The molecule has 0 heterocycles. The third kappa shape index (κ3) is 6.44. The molecule has 0 N–H and O–H groups in total. The van der Waals surface area contributed by atoms with Crippen molar-refractivity contribution >= 4 is 28.2 Å². The van der Waals surface area contributed by atoms with Gasteiger partial charge < -0.3 is 4.90 Å². The van der Waals surface area contributed by atoms with Crippen molar-refractivity contribution in [3.8, 4) is 11.1 Å². The maximum Gasteiger partial charge on any atom is 0.0714 e. The summed E-state index contributed by atoms with van der Waals surface area (Å²) >= 11 is 0. The second kappa shape index (κ2) is 15.7. The fraction of sp³-hybridized carbons (Fsp3) is 0.0943. The summed E-state index contributed by atoms with van der Waals surface area (Å²) in [5.41, 5.74) is 16.9. The van der Waals surface area contributed by atoms with E-state index in [1.165, 1.54) is 33.4 Å². The first-order valence-corrected chi connectivity index (χ1v) is 18.7. The van der Waals surface area contributed by atoms with Crippen molar-refractivity contribution in [2.75, 3.05) is 4.90 Å². The van der Waals surface area contributed by atoms with E-state index in [0.29, 0.717) is 0 Å². The van der Waals surface area contributed by atoms with Crippen LogP contribution in [0.1, 0.15) is 61.1 Å². The first kappa shape index (κ1) is 35.9. The van der Waals surface area contributed by atoms with Crippen LogP contribution in [0, 0.1) is 0 Å². The third-order valence-electron chi connectivity index (χ3n) is 10.4. The summed E-state index contributed by atoms with van der Waals surface area (Å²) in [6.45, 7) is 16.8. The van der Waals surface area contributed by atoms with E-state index in [1.807, 2.05) is 13.8 Å². The molecule has 0 aromatic heterocycles. The molecule has 0 bridgehead atoms. The van der Waals surface area contributed by atoms with E-state index in [4.69, 9.17) is 0 Å². The van der Waals surface area contributed by atoms with Crippen LogP contribution in [-0.2, 0) is 5.41 Å². The molecule has 0 aliphatic heterocycles. The number of nitrogens with zero attached hydrogens (tertiary/aromatic N) is 1. The Bertz CT molecular complexity index is 2300. The van der Waals surface area contributed by atoms with Crippen LogP contribution in [0.4, 0.5) is 17.1 Å². The quantitative estimate of drug-likeness (QED) is 0.122. The Labute approximate surface area is 322 Å². The molecule has 1 aliphatic rings. The number of anilines is 3. The lowest BCUT2D eigenvalue weighted by molar-refractivity contribution is 0.768. The van der Waals surface area contributed by atoms with Crippen LogP contribution in [0.3, 0.4) is 0 Å². The molecule has 0 saturated heterocycles. The number of fused-ring (bicyclic) bond motifs is 3. The first-order chi connectivity index (χ1) is 26.4. The van der Waals surface area contributed by atoms with E-state index in [1.54, 1.807) is 0 Å². The maximum atomic E-state index is 4.29. The minimum Gasteiger partial charge on any atom is -0.310 e. The molecule has 0 saturated carbocycles. The highest BCUT2D eigenvalue weighted by molar-refractivity contribution is 5.97. The Balaban J connectivity index is 1.50. The van der Waals surface area contributed by atoms with E-state index in [2.05, 4.69) is 220 Å². The molecule has 6 aromatic rings. The summed E-state index contributed by atoms with van der Waals surface area (Å²) in [5.74, 6) is 0. The predicted octanol–water partition coefficient (Wildman–Crippen LogP) is 14.6. The van der Waals surface area contributed by atoms with E-state index < -0.39 is 5.41 Å². The molecule has 6 aromatic carbocycles. The maximum absolute atomic E-state index is 4.29. The molecular weight excluding hydrogens is 651 g/mol. The standard InChI is InChI=1S/C53H47N/c1-7-9-24-46(38(3)4)40-30-34-44(35-31-40)54(45-36-32-41(33-37-45)47(39(5)6)25-10-8-2)51-29-19-28-50-52(51)48-26-17-18-27-49(48)53(50,42-20-13-11-14-21-42)43-22-15-12-16-23-43/h7-37H,3,5H2,1-2,4,6H3/b9-7-,10-8-,46-24+,47-25+. The van der Waals surface area contributed by atoms with Crippen LogP contribution < -0.4 is 4.90 Å². The topological polar surface area (TPSA) is 3.24 Å². The first-order valence-electron chi connectivity index (χ1n) is 18.7. The van der Waals surface area contributed by atoms with Crippen LogP contribution in [0.15, 0.2) is 212 Å². The number of rotatable bonds is 11. The van der Waals surface area contributed by atoms with Crippen LogP contribution in [0.25, 0.3) is 22.3 Å². The molecule has 0 unspecified atom stereocenters. The monoisotopic (exact) mass is 697 g/mol. The lowest BCUT2D eigenvalue weighted by Gasteiger charge is -2.34. The molecule has 264 valence electrons. The molecule has 0 fully saturated rings. The SMILES string of the molecule is C=C(C)/C(=C\C=C/C)c1ccc(N(c2ccc(/C(=C/C=C\C)C(=C)C)cc2)c2cccc3c2-c2ccccc2C3(c2ccccc2)c2ccccc2)cc1. The summed E-state index contributed by atoms with van der Waals surface area (Å²) in [4.78, 5) is 2.42. The zero-order valence-electron chi connectivity index (χ0n) is 31.8. The van der Waals surface area contributed by atoms with Gasteiger partial charge in [0.05, 0.1) is 11.1 Å². The molecule has 1 heteroatoms. The third-order valence-corrected chi connectivity index (χ3v) is 10.4. The van der Waals surface area contributed by atoms with Crippen LogP contribution in [-0.4, -0.2) is 0 Å². The Morgan fingerprint density at radius 1 is 0.500 bits per heavy atom. The van der Waals surface area contributed by atoms with Gasteiger partial charge in [-0.3, -0.25) is 0 Å². The van der Waals surface area contributed by atoms with E-state index in [9.17, 15) is 0 Å². The molecule has 1 nitrogen and oxygen atoms in total. The Hall–Kier alpha value is -6.44. The Kier molecular flexibility index (Phi) is 10.4. The van der Waals surface area contributed by atoms with Gasteiger partial charge in [0.15, 0.2) is 0 Å². The van der Waals surface area contributed by atoms with Crippen LogP contribution in [0.5, 0.6) is 0 Å². The second-order valence-corrected chi connectivity index (χ2v) is 13.9. The van der Waals surface area contributed by atoms with Crippen molar-refractivity contribution in [3.05, 3.63) is 246 Å². The fourth-order valence-corrected chi connectivity index (χ4v) is 8.02. The van der Waals surface area contributed by atoms with Gasteiger partial charge in [-0.1, -0.05) is 182 Å². The molecule has 0 radical (unpaired) electrons. The summed E-state index contributed by atoms with van der Waals surface area (Å²) in [7, 11) is 0. The van der Waals surface area contributed by atoms with Gasteiger partial charge in [0.2, 0.25) is 0 Å². The number of allylic oxidation sites excluding steroid dienone is 10. The number of hydrogen-bond acceptors (Lipinski definition) is 1. The lowest BCUT2D eigenvalue weighted by Crippen LogP contribution is -2.28. The molecule has 0 atom stereocenters. The highest BCUT2D eigenvalue weighted by Gasteiger charge is 2.47. The van der Waals surface area contributed by atoms with Gasteiger partial charge >= 0.3 is 0 Å². The van der Waals surface area contributed by atoms with Gasteiger partial charge in [0, 0.05) is 16.9 Å².